The van der Waals surface area contributed by atoms with E-state index in [0.717, 1.165) is 6.07 Å². The molecule has 0 saturated carbocycles. The summed E-state index contributed by atoms with van der Waals surface area (Å²) in [6, 6.07) is 4.97. The van der Waals surface area contributed by atoms with Gasteiger partial charge in [0.15, 0.2) is 11.6 Å². The third-order valence-electron chi connectivity index (χ3n) is 2.31. The normalized spacial score (nSPS) is 10.1. The topological polar surface area (TPSA) is 68.0 Å². The number of nitrogens with two attached hydrogens (primary N) is 1. The van der Waals surface area contributed by atoms with E-state index in [2.05, 4.69) is 10.3 Å². The zero-order valence-electron chi connectivity index (χ0n) is 9.15. The van der Waals surface area contributed by atoms with Gasteiger partial charge in [-0.25, -0.2) is 8.78 Å². The number of benzene rings is 1. The van der Waals surface area contributed by atoms with Gasteiger partial charge in [0.2, 0.25) is 0 Å². The molecule has 2 aromatic rings. The fourth-order valence-corrected chi connectivity index (χ4v) is 1.38. The Balaban J connectivity index is 2.30. The van der Waals surface area contributed by atoms with Crippen molar-refractivity contribution in [1.29, 1.82) is 0 Å². The summed E-state index contributed by atoms with van der Waals surface area (Å²) in [7, 11) is 0. The van der Waals surface area contributed by atoms with Crippen molar-refractivity contribution in [3.63, 3.8) is 0 Å². The Labute approximate surface area is 101 Å². The molecule has 0 radical (unpaired) electrons. The van der Waals surface area contributed by atoms with Crippen LogP contribution < -0.4 is 11.1 Å². The number of carbonyl (C=O) groups excluding carboxylic acids is 1. The van der Waals surface area contributed by atoms with Crippen LogP contribution in [0.5, 0.6) is 0 Å². The predicted octanol–water partition coefficient (Wildman–Crippen LogP) is 2.19. The van der Waals surface area contributed by atoms with Crippen molar-refractivity contribution < 1.29 is 13.6 Å². The van der Waals surface area contributed by atoms with E-state index in [1.165, 1.54) is 30.6 Å². The Bertz CT molecular complexity index is 587. The monoisotopic (exact) mass is 249 g/mol. The lowest BCUT2D eigenvalue weighted by Gasteiger charge is -2.09. The number of nitrogens with one attached hydrogen (secondary N) is 1. The van der Waals surface area contributed by atoms with E-state index in [0.29, 0.717) is 0 Å². The third-order valence-corrected chi connectivity index (χ3v) is 2.31. The maximum absolute atomic E-state index is 13.5. The first-order chi connectivity index (χ1) is 8.59. The van der Waals surface area contributed by atoms with Crippen LogP contribution in [0.3, 0.4) is 0 Å². The quantitative estimate of drug-likeness (QED) is 0.801. The zero-order chi connectivity index (χ0) is 13.1. The van der Waals surface area contributed by atoms with Crippen molar-refractivity contribution in [2.75, 3.05) is 11.1 Å². The minimum Gasteiger partial charge on any atom is -0.397 e. The number of rotatable bonds is 2. The van der Waals surface area contributed by atoms with Crippen LogP contribution in [0.2, 0.25) is 0 Å². The molecular weight excluding hydrogens is 240 g/mol. The number of hydrogen-bond acceptors (Lipinski definition) is 3. The lowest BCUT2D eigenvalue weighted by atomic mass is 10.2. The summed E-state index contributed by atoms with van der Waals surface area (Å²) in [6.07, 6.45) is 2.83. The number of halogens is 2. The van der Waals surface area contributed by atoms with Gasteiger partial charge in [-0.1, -0.05) is 0 Å². The van der Waals surface area contributed by atoms with Crippen molar-refractivity contribution in [1.82, 2.24) is 4.98 Å². The van der Waals surface area contributed by atoms with E-state index in [1.54, 1.807) is 0 Å². The van der Waals surface area contributed by atoms with Gasteiger partial charge in [0.1, 0.15) is 5.69 Å². The standard InChI is InChI=1S/C12H9F2N3O/c13-8-1-2-9(15)11(10(8)14)17-12(18)7-3-5-16-6-4-7/h1-6H,15H2,(H,17,18). The van der Waals surface area contributed by atoms with E-state index in [4.69, 9.17) is 5.73 Å². The molecule has 0 aliphatic rings. The Morgan fingerprint density at radius 1 is 1.17 bits per heavy atom. The van der Waals surface area contributed by atoms with E-state index in [9.17, 15) is 13.6 Å². The molecule has 4 nitrogen and oxygen atoms in total. The Kier molecular flexibility index (Phi) is 3.18. The van der Waals surface area contributed by atoms with E-state index in [-0.39, 0.29) is 16.9 Å². The third kappa shape index (κ3) is 2.27. The molecule has 0 bridgehead atoms. The molecule has 0 unspecified atom stereocenters. The molecule has 0 atom stereocenters. The minimum atomic E-state index is -1.18. The highest BCUT2D eigenvalue weighted by Gasteiger charge is 2.15. The first-order valence-corrected chi connectivity index (χ1v) is 5.04. The lowest BCUT2D eigenvalue weighted by molar-refractivity contribution is 0.102. The highest BCUT2D eigenvalue weighted by atomic mass is 19.2. The molecule has 6 heteroatoms. The summed E-state index contributed by atoms with van der Waals surface area (Å²) in [5.41, 5.74) is 5.35. The number of anilines is 2. The van der Waals surface area contributed by atoms with Crippen LogP contribution in [0.15, 0.2) is 36.7 Å². The Hall–Kier alpha value is -2.50. The molecule has 2 rings (SSSR count). The zero-order valence-corrected chi connectivity index (χ0v) is 9.15. The van der Waals surface area contributed by atoms with Crippen LogP contribution in [-0.4, -0.2) is 10.9 Å². The molecule has 0 spiro atoms. The molecule has 1 amide bonds. The van der Waals surface area contributed by atoms with Gasteiger partial charge in [-0.2, -0.15) is 0 Å². The summed E-state index contributed by atoms with van der Waals surface area (Å²) < 4.78 is 26.5. The molecule has 0 fully saturated rings. The molecule has 18 heavy (non-hydrogen) atoms. The fraction of sp³-hybridized carbons (Fsp3) is 0. The lowest BCUT2D eigenvalue weighted by Crippen LogP contribution is -2.15. The predicted molar refractivity (Wildman–Crippen MR) is 63.0 cm³/mol. The van der Waals surface area contributed by atoms with Gasteiger partial charge >= 0.3 is 0 Å². The summed E-state index contributed by atoms with van der Waals surface area (Å²) >= 11 is 0. The number of hydrogen-bond donors (Lipinski definition) is 2. The van der Waals surface area contributed by atoms with Gasteiger partial charge in [0.25, 0.3) is 5.91 Å². The first-order valence-electron chi connectivity index (χ1n) is 5.04. The van der Waals surface area contributed by atoms with Crippen LogP contribution in [0.1, 0.15) is 10.4 Å². The number of nitrogen functional groups attached to an aromatic ring is 1. The molecule has 0 aliphatic heterocycles. The van der Waals surface area contributed by atoms with Crippen molar-refractivity contribution in [3.05, 3.63) is 53.9 Å². The van der Waals surface area contributed by atoms with Gasteiger partial charge in [0.05, 0.1) is 5.69 Å². The van der Waals surface area contributed by atoms with Crippen LogP contribution in [0.4, 0.5) is 20.2 Å². The Morgan fingerprint density at radius 3 is 2.50 bits per heavy atom. The maximum Gasteiger partial charge on any atom is 0.255 e. The molecule has 1 heterocycles. The van der Waals surface area contributed by atoms with Gasteiger partial charge in [-0.3, -0.25) is 9.78 Å². The highest BCUT2D eigenvalue weighted by Crippen LogP contribution is 2.24. The molecule has 1 aromatic carbocycles. The van der Waals surface area contributed by atoms with Crippen LogP contribution in [0.25, 0.3) is 0 Å². The van der Waals surface area contributed by atoms with Crippen molar-refractivity contribution >= 4 is 17.3 Å². The summed E-state index contributed by atoms with van der Waals surface area (Å²) in [4.78, 5) is 15.5. The molecule has 0 saturated heterocycles. The number of carbonyl (C=O) groups is 1. The second-order valence-corrected chi connectivity index (χ2v) is 3.52. The van der Waals surface area contributed by atoms with E-state index < -0.39 is 17.5 Å². The van der Waals surface area contributed by atoms with Crippen molar-refractivity contribution in [3.8, 4) is 0 Å². The molecule has 1 aromatic heterocycles. The van der Waals surface area contributed by atoms with Crippen LogP contribution >= 0.6 is 0 Å². The molecule has 0 aliphatic carbocycles. The minimum absolute atomic E-state index is 0.0451. The number of nitrogens with zero attached hydrogens (tertiary/aromatic N) is 1. The average Bonchev–Trinajstić information content (AvgIpc) is 2.40. The molecule has 92 valence electrons. The number of aromatic nitrogens is 1. The van der Waals surface area contributed by atoms with Crippen LogP contribution in [-0.2, 0) is 0 Å². The maximum atomic E-state index is 13.5. The first kappa shape index (κ1) is 12.0. The van der Waals surface area contributed by atoms with E-state index in [1.807, 2.05) is 0 Å². The van der Waals surface area contributed by atoms with Crippen molar-refractivity contribution in [2.24, 2.45) is 0 Å². The van der Waals surface area contributed by atoms with Gasteiger partial charge in [-0.15, -0.1) is 0 Å². The van der Waals surface area contributed by atoms with Gasteiger partial charge < -0.3 is 11.1 Å². The van der Waals surface area contributed by atoms with Gasteiger partial charge in [-0.05, 0) is 24.3 Å². The summed E-state index contributed by atoms with van der Waals surface area (Å²) in [6.45, 7) is 0. The average molecular weight is 249 g/mol. The van der Waals surface area contributed by atoms with Crippen molar-refractivity contribution in [2.45, 2.75) is 0 Å². The number of pyridine rings is 1. The second kappa shape index (κ2) is 4.79. The van der Waals surface area contributed by atoms with E-state index >= 15 is 0 Å². The highest BCUT2D eigenvalue weighted by molar-refractivity contribution is 6.05. The summed E-state index contributed by atoms with van der Waals surface area (Å²) in [5, 5.41) is 2.23. The second-order valence-electron chi connectivity index (χ2n) is 3.52. The molecular formula is C12H9F2N3O. The number of amides is 1. The fourth-order valence-electron chi connectivity index (χ4n) is 1.38. The molecule has 3 N–H and O–H groups in total. The summed E-state index contributed by atoms with van der Waals surface area (Å²) in [5.74, 6) is -2.85. The SMILES string of the molecule is Nc1ccc(F)c(F)c1NC(=O)c1ccncc1. The largest absolute Gasteiger partial charge is 0.397 e. The van der Waals surface area contributed by atoms with Gasteiger partial charge in [0, 0.05) is 18.0 Å². The smallest absolute Gasteiger partial charge is 0.255 e. The van der Waals surface area contributed by atoms with Crippen LogP contribution in [0, 0.1) is 11.6 Å². The Morgan fingerprint density at radius 2 is 1.83 bits per heavy atom.